The summed E-state index contributed by atoms with van der Waals surface area (Å²) in [5.41, 5.74) is -0.602. The van der Waals surface area contributed by atoms with E-state index in [0.717, 1.165) is 25.7 Å². The van der Waals surface area contributed by atoms with Crippen LogP contribution in [-0.4, -0.2) is 11.4 Å². The van der Waals surface area contributed by atoms with Gasteiger partial charge >= 0.3 is 0 Å². The van der Waals surface area contributed by atoms with E-state index in [1.807, 2.05) is 0 Å². The van der Waals surface area contributed by atoms with E-state index in [0.29, 0.717) is 17.3 Å². The molecule has 1 saturated carbocycles. The van der Waals surface area contributed by atoms with Crippen LogP contribution in [0.3, 0.4) is 0 Å². The van der Waals surface area contributed by atoms with E-state index < -0.39 is 17.3 Å². The minimum atomic E-state index is -0.830. The lowest BCUT2D eigenvalue weighted by Crippen LogP contribution is -2.47. The summed E-state index contributed by atoms with van der Waals surface area (Å²) in [6.45, 7) is 0. The van der Waals surface area contributed by atoms with E-state index >= 15 is 0 Å². The molecule has 21 heavy (non-hydrogen) atoms. The maximum absolute atomic E-state index is 13.3. The van der Waals surface area contributed by atoms with E-state index in [9.17, 15) is 14.4 Å². The maximum Gasteiger partial charge on any atom is 0.253 e. The topological polar surface area (TPSA) is 52.9 Å². The van der Waals surface area contributed by atoms with Gasteiger partial charge in [-0.1, -0.05) is 32.1 Å². The van der Waals surface area contributed by atoms with Gasteiger partial charge in [-0.05, 0) is 47.0 Å². The number of nitrogens with zero attached hydrogens (tertiary/aromatic N) is 1. The standard InChI is InChI=1S/C16H18BrFN2O/c17-14-7-6-12(18)10-13(14)15(21)20-16(11-19)8-4-2-1-3-5-9-16/h6-7,10H,1-5,8-9H2,(H,20,21). The molecule has 0 aliphatic heterocycles. The van der Waals surface area contributed by atoms with Crippen LogP contribution < -0.4 is 5.32 Å². The van der Waals surface area contributed by atoms with Gasteiger partial charge in [-0.15, -0.1) is 0 Å². The number of benzene rings is 1. The summed E-state index contributed by atoms with van der Waals surface area (Å²) in [5.74, 6) is -0.865. The average Bonchev–Trinajstić information content (AvgIpc) is 2.44. The fourth-order valence-electron chi connectivity index (χ4n) is 2.73. The van der Waals surface area contributed by atoms with Gasteiger partial charge in [0.05, 0.1) is 11.6 Å². The van der Waals surface area contributed by atoms with Crippen LogP contribution in [0.1, 0.15) is 55.3 Å². The molecule has 0 bridgehead atoms. The van der Waals surface area contributed by atoms with Crippen molar-refractivity contribution >= 4 is 21.8 Å². The van der Waals surface area contributed by atoms with Crippen molar-refractivity contribution < 1.29 is 9.18 Å². The third kappa shape index (κ3) is 4.04. The lowest BCUT2D eigenvalue weighted by atomic mass is 9.85. The quantitative estimate of drug-likeness (QED) is 0.861. The molecule has 5 heteroatoms. The van der Waals surface area contributed by atoms with Crippen LogP contribution in [0.25, 0.3) is 0 Å². The van der Waals surface area contributed by atoms with Crippen LogP contribution in [0.4, 0.5) is 4.39 Å². The van der Waals surface area contributed by atoms with Crippen LogP contribution in [0, 0.1) is 17.1 Å². The van der Waals surface area contributed by atoms with E-state index in [2.05, 4.69) is 27.3 Å². The number of carbonyl (C=O) groups is 1. The molecule has 1 aliphatic carbocycles. The van der Waals surface area contributed by atoms with Gasteiger partial charge in [0.2, 0.25) is 0 Å². The second-order valence-electron chi connectivity index (χ2n) is 5.54. The fourth-order valence-corrected chi connectivity index (χ4v) is 3.16. The number of hydrogen-bond acceptors (Lipinski definition) is 2. The van der Waals surface area contributed by atoms with Crippen LogP contribution in [0.2, 0.25) is 0 Å². The lowest BCUT2D eigenvalue weighted by molar-refractivity contribution is 0.0906. The van der Waals surface area contributed by atoms with E-state index in [1.54, 1.807) is 0 Å². The Morgan fingerprint density at radius 1 is 1.24 bits per heavy atom. The molecule has 0 heterocycles. The van der Waals surface area contributed by atoms with Gasteiger partial charge in [-0.3, -0.25) is 4.79 Å². The summed E-state index contributed by atoms with van der Waals surface area (Å²) in [6, 6.07) is 6.26. The fraction of sp³-hybridized carbons (Fsp3) is 0.500. The van der Waals surface area contributed by atoms with Crippen LogP contribution >= 0.6 is 15.9 Å². The number of nitriles is 1. The number of carbonyl (C=O) groups excluding carboxylic acids is 1. The molecule has 1 aromatic rings. The molecule has 1 N–H and O–H groups in total. The van der Waals surface area contributed by atoms with Crippen LogP contribution in [-0.2, 0) is 0 Å². The molecular formula is C16H18BrFN2O. The molecule has 3 nitrogen and oxygen atoms in total. The van der Waals surface area contributed by atoms with Gasteiger partial charge in [0.15, 0.2) is 0 Å². The summed E-state index contributed by atoms with van der Waals surface area (Å²) in [5, 5.41) is 12.4. The number of amides is 1. The lowest BCUT2D eigenvalue weighted by Gasteiger charge is -2.29. The highest BCUT2D eigenvalue weighted by molar-refractivity contribution is 9.10. The number of hydrogen-bond donors (Lipinski definition) is 1. The van der Waals surface area contributed by atoms with Crippen molar-refractivity contribution in [2.24, 2.45) is 0 Å². The van der Waals surface area contributed by atoms with Crippen molar-refractivity contribution in [3.63, 3.8) is 0 Å². The summed E-state index contributed by atoms with van der Waals surface area (Å²) in [6.07, 6.45) is 6.53. The molecule has 2 rings (SSSR count). The Morgan fingerprint density at radius 2 is 1.86 bits per heavy atom. The minimum Gasteiger partial charge on any atom is -0.334 e. The van der Waals surface area contributed by atoms with E-state index in [-0.39, 0.29) is 5.56 Å². The molecule has 0 aromatic heterocycles. The third-order valence-corrected chi connectivity index (χ3v) is 4.64. The van der Waals surface area contributed by atoms with Crippen molar-refractivity contribution in [3.05, 3.63) is 34.1 Å². The second-order valence-corrected chi connectivity index (χ2v) is 6.39. The van der Waals surface area contributed by atoms with Crippen molar-refractivity contribution in [2.75, 3.05) is 0 Å². The zero-order chi connectivity index (χ0) is 15.3. The maximum atomic E-state index is 13.3. The molecule has 0 saturated heterocycles. The van der Waals surface area contributed by atoms with Crippen molar-refractivity contribution in [1.29, 1.82) is 5.26 Å². The molecule has 1 aliphatic rings. The first-order valence-corrected chi connectivity index (χ1v) is 8.04. The molecule has 0 spiro atoms. The Labute approximate surface area is 132 Å². The monoisotopic (exact) mass is 352 g/mol. The molecule has 0 atom stereocenters. The smallest absolute Gasteiger partial charge is 0.253 e. The van der Waals surface area contributed by atoms with Gasteiger partial charge in [0, 0.05) is 4.47 Å². The molecular weight excluding hydrogens is 335 g/mol. The average molecular weight is 353 g/mol. The van der Waals surface area contributed by atoms with E-state index in [4.69, 9.17) is 0 Å². The van der Waals surface area contributed by atoms with Gasteiger partial charge in [0.25, 0.3) is 5.91 Å². The van der Waals surface area contributed by atoms with Crippen LogP contribution in [0.15, 0.2) is 22.7 Å². The molecule has 1 fully saturated rings. The minimum absolute atomic E-state index is 0.228. The number of rotatable bonds is 2. The highest BCUT2D eigenvalue weighted by Crippen LogP contribution is 2.27. The zero-order valence-corrected chi connectivity index (χ0v) is 13.4. The van der Waals surface area contributed by atoms with E-state index in [1.165, 1.54) is 24.6 Å². The molecule has 1 aromatic carbocycles. The highest BCUT2D eigenvalue weighted by atomic mass is 79.9. The largest absolute Gasteiger partial charge is 0.334 e. The summed E-state index contributed by atoms with van der Waals surface area (Å²) in [7, 11) is 0. The number of nitrogens with one attached hydrogen (secondary N) is 1. The summed E-state index contributed by atoms with van der Waals surface area (Å²) >= 11 is 3.25. The summed E-state index contributed by atoms with van der Waals surface area (Å²) in [4.78, 5) is 12.4. The molecule has 0 radical (unpaired) electrons. The van der Waals surface area contributed by atoms with Gasteiger partial charge < -0.3 is 5.32 Å². The SMILES string of the molecule is N#CC1(NC(=O)c2cc(F)ccc2Br)CCCCCCC1. The van der Waals surface area contributed by atoms with Crippen molar-refractivity contribution in [2.45, 2.75) is 50.5 Å². The zero-order valence-electron chi connectivity index (χ0n) is 11.8. The number of halogens is 2. The Kier molecular flexibility index (Phi) is 5.35. The predicted molar refractivity (Wildman–Crippen MR) is 82.2 cm³/mol. The predicted octanol–water partition coefficient (Wildman–Crippen LogP) is 4.32. The first-order valence-electron chi connectivity index (χ1n) is 7.25. The highest BCUT2D eigenvalue weighted by Gasteiger charge is 2.32. The first-order chi connectivity index (χ1) is 10.1. The molecule has 112 valence electrons. The first kappa shape index (κ1) is 16.0. The van der Waals surface area contributed by atoms with Gasteiger partial charge in [0.1, 0.15) is 11.4 Å². The van der Waals surface area contributed by atoms with Crippen molar-refractivity contribution in [1.82, 2.24) is 5.32 Å². The Bertz CT molecular complexity index is 560. The normalized spacial score (nSPS) is 18.1. The van der Waals surface area contributed by atoms with Gasteiger partial charge in [-0.25, -0.2) is 4.39 Å². The Morgan fingerprint density at radius 3 is 2.48 bits per heavy atom. The Hall–Kier alpha value is -1.41. The summed E-state index contributed by atoms with van der Waals surface area (Å²) < 4.78 is 13.8. The third-order valence-electron chi connectivity index (χ3n) is 3.95. The van der Waals surface area contributed by atoms with Crippen LogP contribution in [0.5, 0.6) is 0 Å². The second kappa shape index (κ2) is 7.04. The molecule has 0 unspecified atom stereocenters. The molecule has 1 amide bonds. The van der Waals surface area contributed by atoms with Crippen molar-refractivity contribution in [3.8, 4) is 6.07 Å². The Balaban J connectivity index is 2.18. The van der Waals surface area contributed by atoms with Gasteiger partial charge in [-0.2, -0.15) is 5.26 Å².